The standard InChI is InChI=1S/C9H15NO3S/c1-14-9(4-2-3-5-9)6-10-7(11)8(12)13/h2-6H2,1H3,(H,10,11)(H,12,13). The molecule has 1 fully saturated rings. The highest BCUT2D eigenvalue weighted by molar-refractivity contribution is 8.00. The molecule has 1 amide bonds. The Kier molecular flexibility index (Phi) is 3.80. The lowest BCUT2D eigenvalue weighted by Crippen LogP contribution is -2.41. The number of nitrogens with one attached hydrogen (secondary N) is 1. The molecule has 1 rings (SSSR count). The summed E-state index contributed by atoms with van der Waals surface area (Å²) < 4.78 is 0.0745. The van der Waals surface area contributed by atoms with Crippen molar-refractivity contribution in [1.82, 2.24) is 5.32 Å². The molecular formula is C9H15NO3S. The van der Waals surface area contributed by atoms with E-state index in [9.17, 15) is 9.59 Å². The van der Waals surface area contributed by atoms with Crippen molar-refractivity contribution in [3.8, 4) is 0 Å². The van der Waals surface area contributed by atoms with Crippen LogP contribution in [0.25, 0.3) is 0 Å². The Labute approximate surface area is 87.4 Å². The predicted octanol–water partition coefficient (Wildman–Crippen LogP) is 0.863. The number of rotatable bonds is 3. The molecule has 0 saturated heterocycles. The molecule has 1 aliphatic carbocycles. The van der Waals surface area contributed by atoms with Crippen LogP contribution < -0.4 is 5.32 Å². The Morgan fingerprint density at radius 2 is 2.00 bits per heavy atom. The Bertz CT molecular complexity index is 236. The summed E-state index contributed by atoms with van der Waals surface area (Å²) >= 11 is 1.73. The highest BCUT2D eigenvalue weighted by Gasteiger charge is 2.33. The second kappa shape index (κ2) is 4.68. The van der Waals surface area contributed by atoms with Crippen LogP contribution >= 0.6 is 11.8 Å². The van der Waals surface area contributed by atoms with E-state index >= 15 is 0 Å². The van der Waals surface area contributed by atoms with Crippen LogP contribution in [-0.2, 0) is 9.59 Å². The van der Waals surface area contributed by atoms with Crippen LogP contribution in [0.2, 0.25) is 0 Å². The van der Waals surface area contributed by atoms with Gasteiger partial charge < -0.3 is 10.4 Å². The maximum absolute atomic E-state index is 10.8. The lowest BCUT2D eigenvalue weighted by atomic mass is 10.1. The first kappa shape index (κ1) is 11.4. The van der Waals surface area contributed by atoms with Gasteiger partial charge in [-0.2, -0.15) is 11.8 Å². The minimum atomic E-state index is -1.40. The van der Waals surface area contributed by atoms with Crippen LogP contribution in [0.3, 0.4) is 0 Å². The zero-order chi connectivity index (χ0) is 10.6. The highest BCUT2D eigenvalue weighted by Crippen LogP contribution is 2.39. The van der Waals surface area contributed by atoms with E-state index in [0.717, 1.165) is 12.8 Å². The number of thioether (sulfide) groups is 1. The van der Waals surface area contributed by atoms with Gasteiger partial charge in [-0.3, -0.25) is 4.79 Å². The van der Waals surface area contributed by atoms with Crippen molar-refractivity contribution in [2.45, 2.75) is 30.4 Å². The molecular weight excluding hydrogens is 202 g/mol. The molecule has 0 unspecified atom stereocenters. The molecule has 4 nitrogen and oxygen atoms in total. The number of carboxylic acids is 1. The fourth-order valence-electron chi connectivity index (χ4n) is 1.79. The van der Waals surface area contributed by atoms with Gasteiger partial charge in [0.2, 0.25) is 0 Å². The number of hydrogen-bond donors (Lipinski definition) is 2. The zero-order valence-corrected chi connectivity index (χ0v) is 9.02. The third kappa shape index (κ3) is 2.64. The summed E-state index contributed by atoms with van der Waals surface area (Å²) in [5.41, 5.74) is 0. The largest absolute Gasteiger partial charge is 0.474 e. The topological polar surface area (TPSA) is 66.4 Å². The maximum atomic E-state index is 10.8. The van der Waals surface area contributed by atoms with Gasteiger partial charge in [0, 0.05) is 11.3 Å². The average molecular weight is 217 g/mol. The molecule has 0 bridgehead atoms. The fourth-order valence-corrected chi connectivity index (χ4v) is 2.70. The molecule has 0 atom stereocenters. The van der Waals surface area contributed by atoms with Crippen molar-refractivity contribution in [1.29, 1.82) is 0 Å². The number of carbonyl (C=O) groups is 2. The summed E-state index contributed by atoms with van der Waals surface area (Å²) in [6, 6.07) is 0. The molecule has 80 valence electrons. The van der Waals surface area contributed by atoms with Crippen molar-refractivity contribution in [3.05, 3.63) is 0 Å². The van der Waals surface area contributed by atoms with Crippen molar-refractivity contribution < 1.29 is 14.7 Å². The first-order chi connectivity index (χ1) is 6.59. The van der Waals surface area contributed by atoms with Crippen LogP contribution in [0.5, 0.6) is 0 Å². The summed E-state index contributed by atoms with van der Waals surface area (Å²) in [4.78, 5) is 21.1. The maximum Gasteiger partial charge on any atom is 0.394 e. The van der Waals surface area contributed by atoms with Crippen molar-refractivity contribution >= 4 is 23.6 Å². The van der Waals surface area contributed by atoms with E-state index in [0.29, 0.717) is 6.54 Å². The molecule has 1 saturated carbocycles. The lowest BCUT2D eigenvalue weighted by Gasteiger charge is -2.26. The monoisotopic (exact) mass is 217 g/mol. The van der Waals surface area contributed by atoms with Gasteiger partial charge in [-0.1, -0.05) is 12.8 Å². The number of carbonyl (C=O) groups excluding carboxylic acids is 1. The minimum Gasteiger partial charge on any atom is -0.474 e. The molecule has 0 heterocycles. The van der Waals surface area contributed by atoms with Gasteiger partial charge in [0.1, 0.15) is 0 Å². The molecule has 14 heavy (non-hydrogen) atoms. The van der Waals surface area contributed by atoms with Gasteiger partial charge in [-0.15, -0.1) is 0 Å². The summed E-state index contributed by atoms with van der Waals surface area (Å²) in [6.45, 7) is 0.472. The first-order valence-corrected chi connectivity index (χ1v) is 5.88. The quantitative estimate of drug-likeness (QED) is 0.688. The summed E-state index contributed by atoms with van der Waals surface area (Å²) in [6.07, 6.45) is 6.48. The Balaban J connectivity index is 2.42. The van der Waals surface area contributed by atoms with Crippen LogP contribution in [0.1, 0.15) is 25.7 Å². The molecule has 2 N–H and O–H groups in total. The van der Waals surface area contributed by atoms with Crippen LogP contribution in [0.15, 0.2) is 0 Å². The molecule has 0 radical (unpaired) electrons. The van der Waals surface area contributed by atoms with E-state index in [4.69, 9.17) is 5.11 Å². The van der Waals surface area contributed by atoms with E-state index in [2.05, 4.69) is 5.32 Å². The number of carboxylic acid groups (broad SMARTS) is 1. The molecule has 0 spiro atoms. The summed E-state index contributed by atoms with van der Waals surface area (Å²) in [5.74, 6) is -2.30. The van der Waals surface area contributed by atoms with Crippen molar-refractivity contribution in [2.24, 2.45) is 0 Å². The van der Waals surface area contributed by atoms with Gasteiger partial charge in [0.15, 0.2) is 0 Å². The third-order valence-electron chi connectivity index (χ3n) is 2.71. The molecule has 0 aliphatic heterocycles. The van der Waals surface area contributed by atoms with Gasteiger partial charge in [-0.05, 0) is 19.1 Å². The smallest absolute Gasteiger partial charge is 0.394 e. The Morgan fingerprint density at radius 1 is 1.43 bits per heavy atom. The van der Waals surface area contributed by atoms with E-state index in [1.807, 2.05) is 6.26 Å². The predicted molar refractivity (Wildman–Crippen MR) is 55.4 cm³/mol. The number of amides is 1. The van der Waals surface area contributed by atoms with Gasteiger partial charge >= 0.3 is 11.9 Å². The second-order valence-electron chi connectivity index (χ2n) is 3.58. The van der Waals surface area contributed by atoms with Crippen molar-refractivity contribution in [3.63, 3.8) is 0 Å². The lowest BCUT2D eigenvalue weighted by molar-refractivity contribution is -0.150. The normalized spacial score (nSPS) is 19.2. The van der Waals surface area contributed by atoms with Crippen LogP contribution in [0, 0.1) is 0 Å². The van der Waals surface area contributed by atoms with Gasteiger partial charge in [-0.25, -0.2) is 4.79 Å². The van der Waals surface area contributed by atoms with Gasteiger partial charge in [0.05, 0.1) is 0 Å². The average Bonchev–Trinajstić information content (AvgIpc) is 2.63. The summed E-state index contributed by atoms with van der Waals surface area (Å²) in [7, 11) is 0. The van der Waals surface area contributed by atoms with E-state index < -0.39 is 11.9 Å². The van der Waals surface area contributed by atoms with Crippen LogP contribution in [-0.4, -0.2) is 34.5 Å². The van der Waals surface area contributed by atoms with Crippen molar-refractivity contribution in [2.75, 3.05) is 12.8 Å². The third-order valence-corrected chi connectivity index (χ3v) is 4.13. The second-order valence-corrected chi connectivity index (χ2v) is 4.86. The van der Waals surface area contributed by atoms with Crippen LogP contribution in [0.4, 0.5) is 0 Å². The molecule has 0 aromatic carbocycles. The number of hydrogen-bond acceptors (Lipinski definition) is 3. The van der Waals surface area contributed by atoms with Gasteiger partial charge in [0.25, 0.3) is 0 Å². The number of aliphatic carboxylic acids is 1. The molecule has 0 aromatic heterocycles. The zero-order valence-electron chi connectivity index (χ0n) is 8.21. The van der Waals surface area contributed by atoms with E-state index in [1.165, 1.54) is 12.8 Å². The Morgan fingerprint density at radius 3 is 2.43 bits per heavy atom. The fraction of sp³-hybridized carbons (Fsp3) is 0.778. The first-order valence-electron chi connectivity index (χ1n) is 4.66. The van der Waals surface area contributed by atoms with E-state index in [1.54, 1.807) is 11.8 Å². The van der Waals surface area contributed by atoms with E-state index in [-0.39, 0.29) is 4.75 Å². The molecule has 5 heteroatoms. The minimum absolute atomic E-state index is 0.0745. The Hall–Kier alpha value is -0.710. The summed E-state index contributed by atoms with van der Waals surface area (Å²) in [5, 5.41) is 10.9. The molecule has 1 aliphatic rings. The highest BCUT2D eigenvalue weighted by atomic mass is 32.2. The SMILES string of the molecule is CSC1(CNC(=O)C(=O)O)CCCC1. The molecule has 0 aromatic rings.